The number of amides is 1. The molecule has 1 aliphatic rings. The molecule has 1 aliphatic heterocycles. The number of nitrogens with one attached hydrogen (secondary N) is 1. The molecule has 0 radical (unpaired) electrons. The molecule has 25 heavy (non-hydrogen) atoms. The van der Waals surface area contributed by atoms with E-state index in [-0.39, 0.29) is 17.6 Å². The number of nitro benzene ring substituents is 1. The number of non-ortho nitro benzene ring substituents is 1. The first-order valence-electron chi connectivity index (χ1n) is 8.49. The van der Waals surface area contributed by atoms with E-state index in [1.807, 2.05) is 0 Å². The van der Waals surface area contributed by atoms with Gasteiger partial charge in [0.05, 0.1) is 18.1 Å². The highest BCUT2D eigenvalue weighted by molar-refractivity contribution is 5.91. The maximum atomic E-state index is 12.1. The number of ether oxygens (including phenoxy) is 1. The molecule has 1 aromatic rings. The first-order valence-corrected chi connectivity index (χ1v) is 8.49. The van der Waals surface area contributed by atoms with Gasteiger partial charge in [0, 0.05) is 43.9 Å². The van der Waals surface area contributed by atoms with Crippen molar-refractivity contribution in [3.05, 3.63) is 46.0 Å². The largest absolute Gasteiger partial charge is 0.379 e. The lowest BCUT2D eigenvalue weighted by molar-refractivity contribution is -0.384. The van der Waals surface area contributed by atoms with Crippen molar-refractivity contribution in [2.75, 3.05) is 32.8 Å². The fraction of sp³-hybridized carbons (Fsp3) is 0.500. The number of rotatable bonds is 7. The molecular weight excluding hydrogens is 322 g/mol. The number of nitrogens with zero attached hydrogens (tertiary/aromatic N) is 2. The van der Waals surface area contributed by atoms with Crippen LogP contribution in [-0.2, 0) is 9.53 Å². The third-order valence-electron chi connectivity index (χ3n) is 4.28. The average molecular weight is 347 g/mol. The quantitative estimate of drug-likeness (QED) is 0.464. The van der Waals surface area contributed by atoms with E-state index < -0.39 is 4.92 Å². The number of carbonyl (C=O) groups is 1. The van der Waals surface area contributed by atoms with E-state index in [1.165, 1.54) is 18.2 Å². The summed E-state index contributed by atoms with van der Waals surface area (Å²) >= 11 is 0. The van der Waals surface area contributed by atoms with Crippen molar-refractivity contribution in [1.29, 1.82) is 0 Å². The number of hydrogen-bond donors (Lipinski definition) is 1. The maximum Gasteiger partial charge on any atom is 0.270 e. The van der Waals surface area contributed by atoms with Crippen molar-refractivity contribution < 1.29 is 14.5 Å². The highest BCUT2D eigenvalue weighted by Crippen LogP contribution is 2.14. The monoisotopic (exact) mass is 347 g/mol. The van der Waals surface area contributed by atoms with E-state index in [2.05, 4.69) is 24.1 Å². The molecule has 7 heteroatoms. The standard InChI is InChI=1S/C18H25N3O4/c1-14(2)17(20-8-10-25-11-9-20)13-19-18(22)7-6-15-4-3-5-16(12-15)21(23)24/h3-7,12,14,17H,8-11,13H2,1-2H3,(H,19,22)/b7-6+. The van der Waals surface area contributed by atoms with Crippen molar-refractivity contribution in [3.63, 3.8) is 0 Å². The predicted octanol–water partition coefficient (Wildman–Crippen LogP) is 2.08. The molecule has 0 bridgehead atoms. The summed E-state index contributed by atoms with van der Waals surface area (Å²) in [6.07, 6.45) is 3.00. The molecular formula is C18H25N3O4. The Morgan fingerprint density at radius 1 is 1.40 bits per heavy atom. The van der Waals surface area contributed by atoms with Crippen LogP contribution in [0.5, 0.6) is 0 Å². The lowest BCUT2D eigenvalue weighted by Gasteiger charge is -2.36. The van der Waals surface area contributed by atoms with E-state index in [9.17, 15) is 14.9 Å². The Bertz CT molecular complexity index is 625. The number of hydrogen-bond acceptors (Lipinski definition) is 5. The van der Waals surface area contributed by atoms with Gasteiger partial charge >= 0.3 is 0 Å². The van der Waals surface area contributed by atoms with Crippen molar-refractivity contribution in [2.24, 2.45) is 5.92 Å². The maximum absolute atomic E-state index is 12.1. The first kappa shape index (κ1) is 19.1. The van der Waals surface area contributed by atoms with Gasteiger partial charge in [-0.1, -0.05) is 26.0 Å². The fourth-order valence-corrected chi connectivity index (χ4v) is 2.87. The molecule has 1 unspecified atom stereocenters. The van der Waals surface area contributed by atoms with Crippen molar-refractivity contribution >= 4 is 17.7 Å². The van der Waals surface area contributed by atoms with E-state index in [4.69, 9.17) is 4.74 Å². The third kappa shape index (κ3) is 5.95. The molecule has 1 atom stereocenters. The Morgan fingerprint density at radius 3 is 2.76 bits per heavy atom. The molecule has 2 rings (SSSR count). The lowest BCUT2D eigenvalue weighted by atomic mass is 10.0. The van der Waals surface area contributed by atoms with Crippen LogP contribution >= 0.6 is 0 Å². The van der Waals surface area contributed by atoms with Crippen LogP contribution in [0.4, 0.5) is 5.69 Å². The Balaban J connectivity index is 1.90. The summed E-state index contributed by atoms with van der Waals surface area (Å²) < 4.78 is 5.38. The molecule has 136 valence electrons. The Labute approximate surface area is 147 Å². The summed E-state index contributed by atoms with van der Waals surface area (Å²) in [5.74, 6) is 0.213. The SMILES string of the molecule is CC(C)C(CNC(=O)/C=C/c1cccc([N+](=O)[O-])c1)N1CCOCC1. The van der Waals surface area contributed by atoms with Gasteiger partial charge in [-0.15, -0.1) is 0 Å². The van der Waals surface area contributed by atoms with Gasteiger partial charge in [-0.05, 0) is 17.6 Å². The summed E-state index contributed by atoms with van der Waals surface area (Å²) in [5, 5.41) is 13.7. The second-order valence-electron chi connectivity index (χ2n) is 6.39. The van der Waals surface area contributed by atoms with Gasteiger partial charge < -0.3 is 10.1 Å². The topological polar surface area (TPSA) is 84.7 Å². The predicted molar refractivity (Wildman–Crippen MR) is 96.2 cm³/mol. The zero-order chi connectivity index (χ0) is 18.2. The minimum atomic E-state index is -0.451. The summed E-state index contributed by atoms with van der Waals surface area (Å²) in [4.78, 5) is 24.7. The summed E-state index contributed by atoms with van der Waals surface area (Å²) in [6, 6.07) is 6.45. The normalized spacial score (nSPS) is 16.9. The van der Waals surface area contributed by atoms with Crippen LogP contribution in [-0.4, -0.2) is 54.6 Å². The van der Waals surface area contributed by atoms with Crippen LogP contribution in [0, 0.1) is 16.0 Å². The molecule has 0 saturated carbocycles. The molecule has 1 heterocycles. The number of carbonyl (C=O) groups excluding carboxylic acids is 1. The molecule has 7 nitrogen and oxygen atoms in total. The molecule has 1 saturated heterocycles. The summed E-state index contributed by atoms with van der Waals surface area (Å²) in [6.45, 7) is 8.06. The van der Waals surface area contributed by atoms with E-state index in [0.717, 1.165) is 26.3 Å². The van der Waals surface area contributed by atoms with Crippen LogP contribution < -0.4 is 5.32 Å². The van der Waals surface area contributed by atoms with Crippen molar-refractivity contribution in [2.45, 2.75) is 19.9 Å². The van der Waals surface area contributed by atoms with E-state index >= 15 is 0 Å². The van der Waals surface area contributed by atoms with Gasteiger partial charge in [0.1, 0.15) is 0 Å². The minimum Gasteiger partial charge on any atom is -0.379 e. The second kappa shape index (κ2) is 9.29. The molecule has 1 fully saturated rings. The Morgan fingerprint density at radius 2 is 2.12 bits per heavy atom. The molecule has 0 spiro atoms. The Kier molecular flexibility index (Phi) is 7.09. The van der Waals surface area contributed by atoms with Gasteiger partial charge in [-0.25, -0.2) is 0 Å². The number of benzene rings is 1. The van der Waals surface area contributed by atoms with Crippen molar-refractivity contribution in [3.8, 4) is 0 Å². The molecule has 1 amide bonds. The van der Waals surface area contributed by atoms with Gasteiger partial charge in [-0.2, -0.15) is 0 Å². The summed E-state index contributed by atoms with van der Waals surface area (Å²) in [7, 11) is 0. The van der Waals surface area contributed by atoms with Gasteiger partial charge in [0.15, 0.2) is 0 Å². The minimum absolute atomic E-state index is 0.00903. The van der Waals surface area contributed by atoms with Gasteiger partial charge in [0.2, 0.25) is 5.91 Å². The number of nitro groups is 1. The first-order chi connectivity index (χ1) is 12.0. The van der Waals surface area contributed by atoms with Crippen molar-refractivity contribution in [1.82, 2.24) is 10.2 Å². The molecule has 1 aromatic carbocycles. The van der Waals surface area contributed by atoms with E-state index in [0.29, 0.717) is 18.0 Å². The molecule has 1 N–H and O–H groups in total. The van der Waals surface area contributed by atoms with Gasteiger partial charge in [0.25, 0.3) is 5.69 Å². The number of morpholine rings is 1. The van der Waals surface area contributed by atoms with E-state index in [1.54, 1.807) is 18.2 Å². The average Bonchev–Trinajstić information content (AvgIpc) is 2.61. The zero-order valence-corrected chi connectivity index (χ0v) is 14.7. The smallest absolute Gasteiger partial charge is 0.270 e. The van der Waals surface area contributed by atoms with Gasteiger partial charge in [-0.3, -0.25) is 19.8 Å². The van der Waals surface area contributed by atoms with Crippen LogP contribution in [0.3, 0.4) is 0 Å². The third-order valence-corrected chi connectivity index (χ3v) is 4.28. The van der Waals surface area contributed by atoms with Crippen LogP contribution in [0.15, 0.2) is 30.3 Å². The highest BCUT2D eigenvalue weighted by Gasteiger charge is 2.23. The Hall–Kier alpha value is -2.25. The molecule has 0 aromatic heterocycles. The fourth-order valence-electron chi connectivity index (χ4n) is 2.87. The molecule has 0 aliphatic carbocycles. The van der Waals surface area contributed by atoms with Crippen LogP contribution in [0.25, 0.3) is 6.08 Å². The van der Waals surface area contributed by atoms with Crippen LogP contribution in [0.1, 0.15) is 19.4 Å². The lowest BCUT2D eigenvalue weighted by Crippen LogP contribution is -2.51. The second-order valence-corrected chi connectivity index (χ2v) is 6.39. The highest BCUT2D eigenvalue weighted by atomic mass is 16.6. The van der Waals surface area contributed by atoms with Crippen LogP contribution in [0.2, 0.25) is 0 Å². The zero-order valence-electron chi connectivity index (χ0n) is 14.7. The summed E-state index contributed by atoms with van der Waals surface area (Å²) in [5.41, 5.74) is 0.632.